The number of amides is 2. The van der Waals surface area contributed by atoms with E-state index in [4.69, 9.17) is 0 Å². The molecule has 2 saturated heterocycles. The summed E-state index contributed by atoms with van der Waals surface area (Å²) in [5, 5.41) is 17.5. The molecule has 0 saturated carbocycles. The maximum atomic E-state index is 13.3. The molecule has 2 aliphatic rings. The number of carbonyl (C=O) groups excluding carboxylic acids is 2. The number of likely N-dealkylation sites (tertiary alicyclic amines) is 2. The van der Waals surface area contributed by atoms with Gasteiger partial charge in [-0.2, -0.15) is 0 Å². The zero-order valence-electron chi connectivity index (χ0n) is 19.7. The fourth-order valence-electron chi connectivity index (χ4n) is 4.59. The van der Waals surface area contributed by atoms with E-state index >= 15 is 0 Å². The minimum Gasteiger partial charge on any atom is -0.355 e. The summed E-state index contributed by atoms with van der Waals surface area (Å²) in [6, 6.07) is 16.7. The second-order valence-electron chi connectivity index (χ2n) is 8.94. The van der Waals surface area contributed by atoms with Crippen LogP contribution in [0.25, 0.3) is 11.1 Å². The predicted octanol–water partition coefficient (Wildman–Crippen LogP) is 3.43. The highest BCUT2D eigenvalue weighted by Gasteiger charge is 2.30. The van der Waals surface area contributed by atoms with Gasteiger partial charge in [0.05, 0.1) is 11.5 Å². The summed E-state index contributed by atoms with van der Waals surface area (Å²) in [5.74, 6) is -0.108. The van der Waals surface area contributed by atoms with E-state index in [0.717, 1.165) is 56.1 Å². The van der Waals surface area contributed by atoms with Crippen LogP contribution in [0.2, 0.25) is 0 Å². The van der Waals surface area contributed by atoms with Crippen molar-refractivity contribution in [1.82, 2.24) is 15.1 Å². The summed E-state index contributed by atoms with van der Waals surface area (Å²) in [7, 11) is 0. The molecule has 0 aliphatic carbocycles. The normalized spacial score (nSPS) is 18.8. The highest BCUT2D eigenvalue weighted by Crippen LogP contribution is 2.23. The highest BCUT2D eigenvalue weighted by molar-refractivity contribution is 5.88. The molecule has 2 aromatic rings. The van der Waals surface area contributed by atoms with Crippen LogP contribution in [0.4, 0.5) is 5.69 Å². The van der Waals surface area contributed by atoms with Crippen LogP contribution in [0.15, 0.2) is 66.6 Å². The second-order valence-corrected chi connectivity index (χ2v) is 8.94. The number of nitro groups is 1. The molecule has 2 amide bonds. The molecule has 2 N–H and O–H groups in total. The monoisotopic (exact) mass is 477 g/mol. The number of rotatable bonds is 8. The first-order chi connectivity index (χ1) is 17.0. The Balaban J connectivity index is 1.47. The zero-order valence-corrected chi connectivity index (χ0v) is 19.7. The Hall–Kier alpha value is -3.88. The fourth-order valence-corrected chi connectivity index (χ4v) is 4.59. The maximum absolute atomic E-state index is 13.3. The number of hydrogen-bond acceptors (Lipinski definition) is 6. The maximum Gasteiger partial charge on any atom is 0.274 e. The quantitative estimate of drug-likeness (QED) is 0.446. The van der Waals surface area contributed by atoms with E-state index in [1.165, 1.54) is 0 Å². The third-order valence-corrected chi connectivity index (χ3v) is 6.38. The summed E-state index contributed by atoms with van der Waals surface area (Å²) in [6.45, 7) is 2.05. The van der Waals surface area contributed by atoms with Crippen molar-refractivity contribution in [3.05, 3.63) is 76.7 Å². The van der Waals surface area contributed by atoms with Gasteiger partial charge >= 0.3 is 0 Å². The van der Waals surface area contributed by atoms with Gasteiger partial charge in [0.1, 0.15) is 6.04 Å². The van der Waals surface area contributed by atoms with Gasteiger partial charge in [-0.05, 0) is 55.4 Å². The molecular weight excluding hydrogens is 446 g/mol. The van der Waals surface area contributed by atoms with Gasteiger partial charge in [-0.3, -0.25) is 19.7 Å². The molecule has 0 spiro atoms. The van der Waals surface area contributed by atoms with Gasteiger partial charge in [0.2, 0.25) is 11.8 Å². The minimum absolute atomic E-state index is 0.0339. The molecule has 2 heterocycles. The molecule has 4 rings (SSSR count). The van der Waals surface area contributed by atoms with Crippen molar-refractivity contribution < 1.29 is 14.5 Å². The number of hydrogen-bond donors (Lipinski definition) is 2. The van der Waals surface area contributed by atoms with Crippen LogP contribution in [-0.4, -0.2) is 58.8 Å². The Bertz CT molecular complexity index is 1080. The summed E-state index contributed by atoms with van der Waals surface area (Å²) in [5.41, 5.74) is 2.66. The van der Waals surface area contributed by atoms with Crippen molar-refractivity contribution in [2.75, 3.05) is 31.5 Å². The lowest BCUT2D eigenvalue weighted by Crippen LogP contribution is -2.49. The van der Waals surface area contributed by atoms with Gasteiger partial charge < -0.3 is 20.4 Å². The van der Waals surface area contributed by atoms with Gasteiger partial charge in [0.15, 0.2) is 5.82 Å². The molecule has 9 heteroatoms. The molecule has 9 nitrogen and oxygen atoms in total. The van der Waals surface area contributed by atoms with Crippen molar-refractivity contribution in [3.8, 4) is 11.1 Å². The predicted molar refractivity (Wildman–Crippen MR) is 134 cm³/mol. The Morgan fingerprint density at radius 3 is 2.46 bits per heavy atom. The lowest BCUT2D eigenvalue weighted by atomic mass is 10.1. The number of benzene rings is 2. The van der Waals surface area contributed by atoms with E-state index in [0.29, 0.717) is 18.7 Å². The molecule has 1 unspecified atom stereocenters. The Labute approximate surface area is 204 Å². The number of carbonyl (C=O) groups is 2. The van der Waals surface area contributed by atoms with E-state index in [-0.39, 0.29) is 24.2 Å². The molecule has 0 radical (unpaired) electrons. The van der Waals surface area contributed by atoms with E-state index in [1.54, 1.807) is 9.80 Å². The van der Waals surface area contributed by atoms with Crippen molar-refractivity contribution in [2.24, 2.45) is 0 Å². The summed E-state index contributed by atoms with van der Waals surface area (Å²) >= 11 is 0. The zero-order chi connectivity index (χ0) is 24.6. The van der Waals surface area contributed by atoms with E-state index < -0.39 is 11.0 Å². The van der Waals surface area contributed by atoms with Gasteiger partial charge in [0, 0.05) is 25.3 Å². The average Bonchev–Trinajstić information content (AvgIpc) is 3.35. The summed E-state index contributed by atoms with van der Waals surface area (Å²) < 4.78 is 0. The van der Waals surface area contributed by atoms with Crippen molar-refractivity contribution >= 4 is 17.5 Å². The van der Waals surface area contributed by atoms with Crippen LogP contribution in [0.1, 0.15) is 32.1 Å². The average molecular weight is 478 g/mol. The van der Waals surface area contributed by atoms with Crippen LogP contribution in [0.5, 0.6) is 0 Å². The van der Waals surface area contributed by atoms with Crippen LogP contribution < -0.4 is 10.6 Å². The second kappa shape index (κ2) is 11.5. The first kappa shape index (κ1) is 24.3. The third kappa shape index (κ3) is 6.59. The Morgan fingerprint density at radius 2 is 1.71 bits per heavy atom. The van der Waals surface area contributed by atoms with Crippen LogP contribution in [-0.2, 0) is 9.59 Å². The molecule has 184 valence electrons. The molecule has 0 bridgehead atoms. The van der Waals surface area contributed by atoms with Crippen LogP contribution in [0, 0.1) is 10.1 Å². The Morgan fingerprint density at radius 1 is 1.00 bits per heavy atom. The standard InChI is InChI=1S/C26H31N5O4/c32-25(29-14-6-7-15-29)19-30-16-5-4-13-23(26(30)33)28-24(18-31(34)35)27-22-12-8-11-21(17-22)20-9-2-1-3-10-20/h1-3,8-12,17-18,23,27-28H,4-7,13-16,19H2/b24-18-. The van der Waals surface area contributed by atoms with Crippen molar-refractivity contribution in [3.63, 3.8) is 0 Å². The molecule has 0 aromatic heterocycles. The largest absolute Gasteiger partial charge is 0.355 e. The summed E-state index contributed by atoms with van der Waals surface area (Å²) in [4.78, 5) is 40.1. The molecule has 2 aromatic carbocycles. The van der Waals surface area contributed by atoms with Crippen molar-refractivity contribution in [1.29, 1.82) is 0 Å². The fraction of sp³-hybridized carbons (Fsp3) is 0.385. The molecule has 1 atom stereocenters. The van der Waals surface area contributed by atoms with E-state index in [2.05, 4.69) is 10.6 Å². The molecule has 35 heavy (non-hydrogen) atoms. The topological polar surface area (TPSA) is 108 Å². The Kier molecular flexibility index (Phi) is 7.97. The highest BCUT2D eigenvalue weighted by atomic mass is 16.6. The van der Waals surface area contributed by atoms with Crippen molar-refractivity contribution in [2.45, 2.75) is 38.1 Å². The van der Waals surface area contributed by atoms with Gasteiger partial charge in [-0.15, -0.1) is 0 Å². The molecule has 2 fully saturated rings. The smallest absolute Gasteiger partial charge is 0.274 e. The van der Waals surface area contributed by atoms with Gasteiger partial charge in [-0.25, -0.2) is 0 Å². The van der Waals surface area contributed by atoms with Crippen LogP contribution >= 0.6 is 0 Å². The third-order valence-electron chi connectivity index (χ3n) is 6.38. The first-order valence-electron chi connectivity index (χ1n) is 12.1. The van der Waals surface area contributed by atoms with Crippen LogP contribution in [0.3, 0.4) is 0 Å². The summed E-state index contributed by atoms with van der Waals surface area (Å²) in [6.07, 6.45) is 4.94. The minimum atomic E-state index is -0.653. The molecular formula is C26H31N5O4. The SMILES string of the molecule is O=C(CN1CCCCC(N/C(=C\[N+](=O)[O-])Nc2cccc(-c3ccccc3)c2)C1=O)N1CCCC1. The lowest BCUT2D eigenvalue weighted by Gasteiger charge is -2.27. The van der Waals surface area contributed by atoms with E-state index in [9.17, 15) is 19.7 Å². The number of anilines is 1. The first-order valence-corrected chi connectivity index (χ1v) is 12.1. The van der Waals surface area contributed by atoms with Gasteiger partial charge in [-0.1, -0.05) is 42.5 Å². The lowest BCUT2D eigenvalue weighted by molar-refractivity contribution is -0.403. The number of nitrogens with one attached hydrogen (secondary N) is 2. The van der Waals surface area contributed by atoms with Gasteiger partial charge in [0.25, 0.3) is 6.20 Å². The molecule has 2 aliphatic heterocycles. The number of nitrogens with zero attached hydrogens (tertiary/aromatic N) is 3. The van der Waals surface area contributed by atoms with E-state index in [1.807, 2.05) is 54.6 Å².